The Morgan fingerprint density at radius 3 is 2.64 bits per heavy atom. The first-order valence-electron chi connectivity index (χ1n) is 5.55. The van der Waals surface area contributed by atoms with Crippen LogP contribution in [0, 0.1) is 47.3 Å². The van der Waals surface area contributed by atoms with Crippen LogP contribution in [0.25, 0.3) is 0 Å². The molecule has 0 aromatic rings. The van der Waals surface area contributed by atoms with E-state index >= 15 is 0 Å². The van der Waals surface area contributed by atoms with Gasteiger partial charge >= 0.3 is 0 Å². The maximum absolute atomic E-state index is 13.9. The molecule has 5 aliphatic rings. The number of halogens is 2. The van der Waals surface area contributed by atoms with Crippen LogP contribution in [-0.4, -0.2) is 11.7 Å². The molecule has 5 saturated carbocycles. The molecule has 0 heterocycles. The van der Waals surface area contributed by atoms with Crippen LogP contribution in [0.3, 0.4) is 0 Å². The number of carbonyl (C=O) groups is 1. The Balaban J connectivity index is 1.87. The van der Waals surface area contributed by atoms with Crippen LogP contribution in [0.15, 0.2) is 0 Å². The molecular formula is C11H10F2O. The summed E-state index contributed by atoms with van der Waals surface area (Å²) in [5.41, 5.74) is 0. The quantitative estimate of drug-likeness (QED) is 0.575. The monoisotopic (exact) mass is 196 g/mol. The van der Waals surface area contributed by atoms with Gasteiger partial charge < -0.3 is 0 Å². The Morgan fingerprint density at radius 2 is 1.86 bits per heavy atom. The minimum absolute atomic E-state index is 0.214. The lowest BCUT2D eigenvalue weighted by molar-refractivity contribution is -0.174. The molecule has 5 fully saturated rings. The lowest BCUT2D eigenvalue weighted by Gasteiger charge is -2.45. The van der Waals surface area contributed by atoms with Gasteiger partial charge in [-0.25, -0.2) is 8.78 Å². The Kier molecular flexibility index (Phi) is 0.732. The minimum atomic E-state index is -2.49. The molecular weight excluding hydrogens is 186 g/mol. The number of hydrogen-bond donors (Lipinski definition) is 0. The molecule has 5 rings (SSSR count). The van der Waals surface area contributed by atoms with Crippen LogP contribution in [0.4, 0.5) is 8.78 Å². The lowest BCUT2D eigenvalue weighted by Crippen LogP contribution is -2.53. The normalized spacial score (nSPS) is 73.4. The van der Waals surface area contributed by atoms with Gasteiger partial charge in [-0.3, -0.25) is 4.79 Å². The van der Waals surface area contributed by atoms with Crippen LogP contribution < -0.4 is 0 Å². The molecule has 0 spiro atoms. The van der Waals surface area contributed by atoms with E-state index in [1.807, 2.05) is 0 Å². The van der Waals surface area contributed by atoms with Gasteiger partial charge in [0, 0.05) is 23.7 Å². The molecule has 0 aliphatic heterocycles. The fraction of sp³-hybridized carbons (Fsp3) is 0.909. The third-order valence-corrected chi connectivity index (χ3v) is 6.05. The van der Waals surface area contributed by atoms with Gasteiger partial charge in [-0.1, -0.05) is 0 Å². The summed E-state index contributed by atoms with van der Waals surface area (Å²) < 4.78 is 27.8. The number of Topliss-reactive ketones (excluding diaryl/α,β-unsaturated/α-hetero) is 1. The van der Waals surface area contributed by atoms with E-state index in [4.69, 9.17) is 0 Å². The van der Waals surface area contributed by atoms with Crippen molar-refractivity contribution < 1.29 is 13.6 Å². The summed E-state index contributed by atoms with van der Waals surface area (Å²) in [5.74, 6) is -2.54. The predicted molar refractivity (Wildman–Crippen MR) is 42.5 cm³/mol. The van der Waals surface area contributed by atoms with Crippen molar-refractivity contribution in [3.8, 4) is 0 Å². The molecule has 1 nitrogen and oxygen atoms in total. The highest BCUT2D eigenvalue weighted by molar-refractivity contribution is 5.91. The summed E-state index contributed by atoms with van der Waals surface area (Å²) in [6.45, 7) is 0. The Hall–Kier alpha value is -0.470. The minimum Gasteiger partial charge on any atom is -0.299 e. The SMILES string of the molecule is O=C1[C@@H]2[C@H]3CC4C5[C@H]3[C@H]1[C@@H]5C(F)(F)[C@@H]42. The van der Waals surface area contributed by atoms with E-state index in [2.05, 4.69) is 0 Å². The van der Waals surface area contributed by atoms with E-state index in [9.17, 15) is 13.6 Å². The van der Waals surface area contributed by atoms with Crippen LogP contribution >= 0.6 is 0 Å². The molecule has 0 radical (unpaired) electrons. The number of alkyl halides is 2. The van der Waals surface area contributed by atoms with E-state index in [0.29, 0.717) is 11.8 Å². The first-order chi connectivity index (χ1) is 6.64. The molecule has 2 bridgehead atoms. The molecule has 0 aromatic carbocycles. The predicted octanol–water partition coefficient (Wildman–Crippen LogP) is 1.58. The van der Waals surface area contributed by atoms with Crippen molar-refractivity contribution in [2.45, 2.75) is 12.3 Å². The molecule has 3 heteroatoms. The molecule has 8 atom stereocenters. The van der Waals surface area contributed by atoms with Crippen molar-refractivity contribution >= 4 is 5.78 Å². The van der Waals surface area contributed by atoms with E-state index in [-0.39, 0.29) is 29.5 Å². The van der Waals surface area contributed by atoms with E-state index in [1.54, 1.807) is 0 Å². The van der Waals surface area contributed by atoms with E-state index in [0.717, 1.165) is 6.42 Å². The van der Waals surface area contributed by atoms with Crippen molar-refractivity contribution in [3.63, 3.8) is 0 Å². The summed E-state index contributed by atoms with van der Waals surface area (Å²) in [5, 5.41) is 0. The second-order valence-corrected chi connectivity index (χ2v) is 5.90. The van der Waals surface area contributed by atoms with E-state index < -0.39 is 17.8 Å². The fourth-order valence-corrected chi connectivity index (χ4v) is 6.07. The van der Waals surface area contributed by atoms with Gasteiger partial charge in [0.1, 0.15) is 5.78 Å². The topological polar surface area (TPSA) is 17.1 Å². The van der Waals surface area contributed by atoms with Crippen molar-refractivity contribution in [2.24, 2.45) is 47.3 Å². The summed E-state index contributed by atoms with van der Waals surface area (Å²) in [4.78, 5) is 11.9. The maximum atomic E-state index is 13.9. The number of ketones is 1. The van der Waals surface area contributed by atoms with Crippen LogP contribution in [0.1, 0.15) is 6.42 Å². The van der Waals surface area contributed by atoms with Gasteiger partial charge in [0.25, 0.3) is 5.92 Å². The zero-order valence-corrected chi connectivity index (χ0v) is 7.49. The third kappa shape index (κ3) is 0.361. The molecule has 0 amide bonds. The smallest absolute Gasteiger partial charge is 0.255 e. The first-order valence-corrected chi connectivity index (χ1v) is 5.55. The van der Waals surface area contributed by atoms with Gasteiger partial charge in [-0.15, -0.1) is 0 Å². The molecule has 0 aromatic heterocycles. The summed E-state index contributed by atoms with van der Waals surface area (Å²) in [7, 11) is 0. The summed E-state index contributed by atoms with van der Waals surface area (Å²) in [6, 6.07) is 0. The Morgan fingerprint density at radius 1 is 1.07 bits per heavy atom. The van der Waals surface area contributed by atoms with E-state index in [1.165, 1.54) is 0 Å². The highest BCUT2D eigenvalue weighted by Gasteiger charge is 2.89. The average Bonchev–Trinajstić information content (AvgIpc) is 2.52. The second kappa shape index (κ2) is 1.48. The highest BCUT2D eigenvalue weighted by atomic mass is 19.3. The largest absolute Gasteiger partial charge is 0.299 e. The fourth-order valence-electron chi connectivity index (χ4n) is 6.07. The summed E-state index contributed by atoms with van der Waals surface area (Å²) >= 11 is 0. The molecule has 14 heavy (non-hydrogen) atoms. The lowest BCUT2D eigenvalue weighted by atomic mass is 9.59. The van der Waals surface area contributed by atoms with Crippen molar-refractivity contribution in [1.29, 1.82) is 0 Å². The Labute approximate surface area is 79.9 Å². The zero-order chi connectivity index (χ0) is 9.40. The highest BCUT2D eigenvalue weighted by Crippen LogP contribution is 2.85. The van der Waals surface area contributed by atoms with Crippen LogP contribution in [0.5, 0.6) is 0 Å². The standard InChI is InChI=1S/C11H10F2O/c12-11(13)8-3-1-2-4-5(3)9(11)7(4)10(14)6(2)8/h2-9H,1H2/t2-,3?,4-,5?,6+,7-,8-,9+/m0/s1. The Bertz CT molecular complexity index is 391. The van der Waals surface area contributed by atoms with Crippen LogP contribution in [-0.2, 0) is 4.79 Å². The second-order valence-electron chi connectivity index (χ2n) is 5.90. The average molecular weight is 196 g/mol. The van der Waals surface area contributed by atoms with Gasteiger partial charge in [-0.2, -0.15) is 0 Å². The molecule has 0 saturated heterocycles. The first kappa shape index (κ1) is 6.91. The number of rotatable bonds is 0. The number of hydrogen-bond acceptors (Lipinski definition) is 1. The van der Waals surface area contributed by atoms with Gasteiger partial charge in [-0.05, 0) is 30.1 Å². The number of carbonyl (C=O) groups excluding carboxylic acids is 1. The van der Waals surface area contributed by atoms with Crippen molar-refractivity contribution in [3.05, 3.63) is 0 Å². The van der Waals surface area contributed by atoms with Crippen molar-refractivity contribution in [1.82, 2.24) is 0 Å². The van der Waals surface area contributed by atoms with Crippen LogP contribution in [0.2, 0.25) is 0 Å². The molecule has 5 aliphatic carbocycles. The van der Waals surface area contributed by atoms with Gasteiger partial charge in [0.2, 0.25) is 0 Å². The molecule has 0 N–H and O–H groups in total. The maximum Gasteiger partial charge on any atom is 0.255 e. The van der Waals surface area contributed by atoms with Gasteiger partial charge in [0.05, 0.1) is 0 Å². The third-order valence-electron chi connectivity index (χ3n) is 6.05. The number of fused-ring (bicyclic) bond motifs is 2. The molecule has 74 valence electrons. The molecule has 2 unspecified atom stereocenters. The van der Waals surface area contributed by atoms with Gasteiger partial charge in [0.15, 0.2) is 0 Å². The van der Waals surface area contributed by atoms with Crippen molar-refractivity contribution in [2.75, 3.05) is 0 Å². The summed E-state index contributed by atoms with van der Waals surface area (Å²) in [6.07, 6.45) is 0.943. The zero-order valence-electron chi connectivity index (χ0n) is 7.49.